The van der Waals surface area contributed by atoms with Crippen LogP contribution in [0.15, 0.2) is 29.2 Å². The fourth-order valence-corrected chi connectivity index (χ4v) is 4.76. The van der Waals surface area contributed by atoms with E-state index in [1.165, 1.54) is 16.7 Å². The second-order valence-corrected chi connectivity index (χ2v) is 9.24. The third kappa shape index (κ3) is 5.23. The number of hydrogen-bond acceptors (Lipinski definition) is 5. The van der Waals surface area contributed by atoms with Gasteiger partial charge in [-0.3, -0.25) is 14.5 Å². The van der Waals surface area contributed by atoms with Crippen molar-refractivity contribution in [2.24, 2.45) is 5.92 Å². The smallest absolute Gasteiger partial charge is 0.268 e. The van der Waals surface area contributed by atoms with Crippen molar-refractivity contribution in [1.29, 1.82) is 0 Å². The second-order valence-electron chi connectivity index (χ2n) is 8.13. The van der Waals surface area contributed by atoms with Gasteiger partial charge in [0.15, 0.2) is 0 Å². The molecule has 0 saturated heterocycles. The van der Waals surface area contributed by atoms with Crippen molar-refractivity contribution in [2.75, 3.05) is 19.0 Å². The number of rotatable bonds is 8. The zero-order valence-corrected chi connectivity index (χ0v) is 18.2. The Hall–Kier alpha value is -1.79. The lowest BCUT2D eigenvalue weighted by atomic mass is 10.0. The van der Waals surface area contributed by atoms with Crippen LogP contribution < -0.4 is 4.74 Å². The number of ether oxygens (including phenoxy) is 1. The lowest BCUT2D eigenvalue weighted by Crippen LogP contribution is -2.40. The Balaban J connectivity index is 1.87. The standard InChI is InChI=1S/C23H31NO4S/c1-16(2)15-28-19-11-9-17(10-12-19)20-21(29-14-13-25)23(27)24(22(20)26)18-7-5-3-4-6-8-18/h9-12,16,18,25H,3-8,13-15H2,1-2H3. The van der Waals surface area contributed by atoms with Crippen LogP contribution in [0.4, 0.5) is 0 Å². The van der Waals surface area contributed by atoms with E-state index in [-0.39, 0.29) is 24.5 Å². The molecule has 0 aromatic heterocycles. The van der Waals surface area contributed by atoms with Gasteiger partial charge in [0.25, 0.3) is 11.8 Å². The zero-order chi connectivity index (χ0) is 20.8. The van der Waals surface area contributed by atoms with Gasteiger partial charge in [0.2, 0.25) is 0 Å². The Morgan fingerprint density at radius 1 is 1.07 bits per heavy atom. The summed E-state index contributed by atoms with van der Waals surface area (Å²) in [5, 5.41) is 9.26. The van der Waals surface area contributed by atoms with E-state index in [0.717, 1.165) is 49.8 Å². The highest BCUT2D eigenvalue weighted by molar-refractivity contribution is 8.04. The van der Waals surface area contributed by atoms with Crippen molar-refractivity contribution in [1.82, 2.24) is 4.90 Å². The largest absolute Gasteiger partial charge is 0.493 e. The van der Waals surface area contributed by atoms with Crippen molar-refractivity contribution in [3.63, 3.8) is 0 Å². The SMILES string of the molecule is CC(C)COc1ccc(C2=C(SCCO)C(=O)N(C3CCCCCC3)C2=O)cc1. The number of thioether (sulfide) groups is 1. The van der Waals surface area contributed by atoms with Crippen LogP contribution in [0.5, 0.6) is 5.75 Å². The minimum absolute atomic E-state index is 0.0200. The number of carbonyl (C=O) groups is 2. The summed E-state index contributed by atoms with van der Waals surface area (Å²) in [6.07, 6.45) is 6.19. The predicted molar refractivity (Wildman–Crippen MR) is 117 cm³/mol. The highest BCUT2D eigenvalue weighted by Gasteiger charge is 2.42. The molecule has 1 aromatic rings. The van der Waals surface area contributed by atoms with E-state index >= 15 is 0 Å². The molecule has 1 aliphatic carbocycles. The van der Waals surface area contributed by atoms with E-state index in [9.17, 15) is 14.7 Å². The summed E-state index contributed by atoms with van der Waals surface area (Å²) < 4.78 is 5.74. The molecule has 6 heteroatoms. The quantitative estimate of drug-likeness (QED) is 0.506. The van der Waals surface area contributed by atoms with Crippen LogP contribution in [-0.4, -0.2) is 46.8 Å². The van der Waals surface area contributed by atoms with Gasteiger partial charge in [0.05, 0.1) is 23.7 Å². The van der Waals surface area contributed by atoms with Gasteiger partial charge in [-0.1, -0.05) is 51.7 Å². The Morgan fingerprint density at radius 2 is 1.72 bits per heavy atom. The topological polar surface area (TPSA) is 66.8 Å². The van der Waals surface area contributed by atoms with Crippen molar-refractivity contribution in [2.45, 2.75) is 58.4 Å². The normalized spacial score (nSPS) is 18.7. The van der Waals surface area contributed by atoms with Crippen molar-refractivity contribution in [3.8, 4) is 5.75 Å². The number of nitrogens with zero attached hydrogens (tertiary/aromatic N) is 1. The van der Waals surface area contributed by atoms with Gasteiger partial charge in [-0.25, -0.2) is 0 Å². The molecule has 2 aliphatic rings. The molecule has 158 valence electrons. The maximum absolute atomic E-state index is 13.3. The molecule has 0 bridgehead atoms. The zero-order valence-electron chi connectivity index (χ0n) is 17.4. The molecule has 0 spiro atoms. The first kappa shape index (κ1) is 21.9. The third-order valence-electron chi connectivity index (χ3n) is 5.33. The number of aliphatic hydroxyl groups excluding tert-OH is 1. The summed E-state index contributed by atoms with van der Waals surface area (Å²) in [5.74, 6) is 1.19. The lowest BCUT2D eigenvalue weighted by molar-refractivity contribution is -0.139. The van der Waals surface area contributed by atoms with E-state index in [1.54, 1.807) is 0 Å². The number of hydrogen-bond donors (Lipinski definition) is 1. The fraction of sp³-hybridized carbons (Fsp3) is 0.565. The summed E-state index contributed by atoms with van der Waals surface area (Å²) in [5.41, 5.74) is 1.20. The first-order chi connectivity index (χ1) is 14.0. The Kier molecular flexibility index (Phi) is 7.78. The van der Waals surface area contributed by atoms with Crippen LogP contribution in [0.25, 0.3) is 5.57 Å². The Labute approximate surface area is 177 Å². The predicted octanol–water partition coefficient (Wildman–Crippen LogP) is 4.25. The van der Waals surface area contributed by atoms with Crippen LogP contribution in [-0.2, 0) is 9.59 Å². The van der Waals surface area contributed by atoms with Crippen molar-refractivity contribution >= 4 is 29.1 Å². The molecule has 0 atom stereocenters. The Bertz CT molecular complexity index is 749. The number of aliphatic hydroxyl groups is 1. The second kappa shape index (κ2) is 10.3. The summed E-state index contributed by atoms with van der Waals surface area (Å²) in [4.78, 5) is 28.5. The molecule has 1 aliphatic heterocycles. The average Bonchev–Trinajstić information content (AvgIpc) is 2.88. The van der Waals surface area contributed by atoms with Gasteiger partial charge >= 0.3 is 0 Å². The molecule has 2 amide bonds. The summed E-state index contributed by atoms with van der Waals surface area (Å²) in [6, 6.07) is 7.39. The fourth-order valence-electron chi connectivity index (χ4n) is 3.89. The molecule has 3 rings (SSSR count). The molecule has 1 N–H and O–H groups in total. The van der Waals surface area contributed by atoms with Crippen LogP contribution in [0.1, 0.15) is 57.9 Å². The van der Waals surface area contributed by atoms with Gasteiger partial charge in [-0.05, 0) is 36.5 Å². The highest BCUT2D eigenvalue weighted by Crippen LogP contribution is 2.39. The third-order valence-corrected chi connectivity index (χ3v) is 6.38. The van der Waals surface area contributed by atoms with Crippen LogP contribution in [0.3, 0.4) is 0 Å². The minimum Gasteiger partial charge on any atom is -0.493 e. The molecule has 0 unspecified atom stereocenters. The minimum atomic E-state index is -0.199. The summed E-state index contributed by atoms with van der Waals surface area (Å²) in [6.45, 7) is 4.78. The first-order valence-corrected chi connectivity index (χ1v) is 11.6. The van der Waals surface area contributed by atoms with Crippen LogP contribution in [0, 0.1) is 5.92 Å². The van der Waals surface area contributed by atoms with Crippen molar-refractivity contribution in [3.05, 3.63) is 34.7 Å². The molecule has 1 fully saturated rings. The van der Waals surface area contributed by atoms with E-state index in [2.05, 4.69) is 13.8 Å². The number of carbonyl (C=O) groups excluding carboxylic acids is 2. The average molecular weight is 418 g/mol. The first-order valence-electron chi connectivity index (χ1n) is 10.6. The molecule has 1 heterocycles. The molecule has 1 aromatic carbocycles. The molecule has 5 nitrogen and oxygen atoms in total. The molecule has 29 heavy (non-hydrogen) atoms. The number of benzene rings is 1. The molecule has 0 radical (unpaired) electrons. The molecular formula is C23H31NO4S. The highest BCUT2D eigenvalue weighted by atomic mass is 32.2. The maximum Gasteiger partial charge on any atom is 0.268 e. The van der Waals surface area contributed by atoms with E-state index in [4.69, 9.17) is 4.74 Å². The molecule has 1 saturated carbocycles. The van der Waals surface area contributed by atoms with E-state index < -0.39 is 0 Å². The van der Waals surface area contributed by atoms with Crippen molar-refractivity contribution < 1.29 is 19.4 Å². The van der Waals surface area contributed by atoms with Gasteiger partial charge in [0, 0.05) is 11.8 Å². The lowest BCUT2D eigenvalue weighted by Gasteiger charge is -2.25. The van der Waals surface area contributed by atoms with Crippen LogP contribution in [0.2, 0.25) is 0 Å². The molecular weight excluding hydrogens is 386 g/mol. The van der Waals surface area contributed by atoms with E-state index in [1.807, 2.05) is 24.3 Å². The summed E-state index contributed by atoms with van der Waals surface area (Å²) in [7, 11) is 0. The maximum atomic E-state index is 13.3. The van der Waals surface area contributed by atoms with Gasteiger partial charge in [-0.2, -0.15) is 0 Å². The number of imide groups is 1. The van der Waals surface area contributed by atoms with Gasteiger partial charge in [0.1, 0.15) is 5.75 Å². The van der Waals surface area contributed by atoms with Gasteiger partial charge < -0.3 is 9.84 Å². The van der Waals surface area contributed by atoms with Crippen LogP contribution >= 0.6 is 11.8 Å². The van der Waals surface area contributed by atoms with Gasteiger partial charge in [-0.15, -0.1) is 11.8 Å². The Morgan fingerprint density at radius 3 is 2.31 bits per heavy atom. The summed E-state index contributed by atoms with van der Waals surface area (Å²) >= 11 is 1.28. The van der Waals surface area contributed by atoms with E-state index in [0.29, 0.717) is 28.8 Å². The monoisotopic (exact) mass is 417 g/mol. The number of amides is 2.